The zero-order valence-corrected chi connectivity index (χ0v) is 12.8. The Labute approximate surface area is 117 Å². The van der Waals surface area contributed by atoms with Crippen LogP contribution in [0.1, 0.15) is 39.0 Å². The Balaban J connectivity index is 2.03. The van der Waals surface area contributed by atoms with Gasteiger partial charge in [-0.25, -0.2) is 8.42 Å². The molecule has 0 aromatic heterocycles. The van der Waals surface area contributed by atoms with Gasteiger partial charge >= 0.3 is 0 Å². The molecule has 0 radical (unpaired) electrons. The molecular formula is C13H27N2O3S-. The standard InChI is InChI=1S/C13H28N2O3S/c1-2-3-4-7-14-9-11-15(12-10-14)8-5-6-13-19(16,17)18/h2-13H2,1H3,(H,16,17,18)/p-1. The van der Waals surface area contributed by atoms with E-state index in [1.165, 1.54) is 25.8 Å². The zero-order valence-electron chi connectivity index (χ0n) is 12.0. The van der Waals surface area contributed by atoms with Gasteiger partial charge in [-0.3, -0.25) is 0 Å². The second-order valence-electron chi connectivity index (χ2n) is 5.36. The molecule has 0 saturated carbocycles. The van der Waals surface area contributed by atoms with E-state index in [1.54, 1.807) is 0 Å². The lowest BCUT2D eigenvalue weighted by atomic mass is 10.2. The average Bonchev–Trinajstić information content (AvgIpc) is 2.36. The summed E-state index contributed by atoms with van der Waals surface area (Å²) in [5.74, 6) is -0.218. The molecule has 19 heavy (non-hydrogen) atoms. The first-order valence-corrected chi connectivity index (χ1v) is 8.97. The van der Waals surface area contributed by atoms with E-state index in [-0.39, 0.29) is 5.75 Å². The molecule has 0 aromatic carbocycles. The van der Waals surface area contributed by atoms with E-state index in [9.17, 15) is 13.0 Å². The molecule has 0 spiro atoms. The van der Waals surface area contributed by atoms with Gasteiger partial charge in [0.2, 0.25) is 0 Å². The molecule has 1 rings (SSSR count). The van der Waals surface area contributed by atoms with Crippen LogP contribution in [-0.2, 0) is 10.1 Å². The van der Waals surface area contributed by atoms with Crippen molar-refractivity contribution >= 4 is 10.1 Å². The highest BCUT2D eigenvalue weighted by molar-refractivity contribution is 7.85. The highest BCUT2D eigenvalue weighted by atomic mass is 32.2. The minimum atomic E-state index is -4.03. The van der Waals surface area contributed by atoms with E-state index in [0.29, 0.717) is 6.42 Å². The zero-order chi connectivity index (χ0) is 14.1. The Kier molecular flexibility index (Phi) is 7.90. The van der Waals surface area contributed by atoms with Crippen LogP contribution >= 0.6 is 0 Å². The fraction of sp³-hybridized carbons (Fsp3) is 1.00. The fourth-order valence-corrected chi connectivity index (χ4v) is 2.99. The number of nitrogens with zero attached hydrogens (tertiary/aromatic N) is 2. The molecule has 0 aliphatic carbocycles. The summed E-state index contributed by atoms with van der Waals surface area (Å²) in [5.41, 5.74) is 0. The fourth-order valence-electron chi connectivity index (χ4n) is 2.44. The maximum atomic E-state index is 10.5. The van der Waals surface area contributed by atoms with E-state index in [0.717, 1.165) is 39.1 Å². The minimum absolute atomic E-state index is 0.218. The van der Waals surface area contributed by atoms with Crippen LogP contribution in [0.5, 0.6) is 0 Å². The summed E-state index contributed by atoms with van der Waals surface area (Å²) in [4.78, 5) is 4.88. The molecule has 0 N–H and O–H groups in total. The quantitative estimate of drug-likeness (QED) is 0.470. The maximum Gasteiger partial charge on any atom is 0.0945 e. The van der Waals surface area contributed by atoms with E-state index >= 15 is 0 Å². The predicted molar refractivity (Wildman–Crippen MR) is 76.2 cm³/mol. The van der Waals surface area contributed by atoms with E-state index in [1.807, 2.05) is 0 Å². The maximum absolute atomic E-state index is 10.5. The predicted octanol–water partition coefficient (Wildman–Crippen LogP) is 1.12. The van der Waals surface area contributed by atoms with Gasteiger partial charge < -0.3 is 14.4 Å². The van der Waals surface area contributed by atoms with Crippen molar-refractivity contribution in [3.05, 3.63) is 0 Å². The third-order valence-electron chi connectivity index (χ3n) is 3.66. The lowest BCUT2D eigenvalue weighted by Gasteiger charge is -2.34. The van der Waals surface area contributed by atoms with E-state index in [2.05, 4.69) is 16.7 Å². The first-order valence-electron chi connectivity index (χ1n) is 7.39. The molecule has 6 heteroatoms. The summed E-state index contributed by atoms with van der Waals surface area (Å²) in [5, 5.41) is 0. The largest absolute Gasteiger partial charge is 0.748 e. The van der Waals surface area contributed by atoms with Crippen molar-refractivity contribution in [2.45, 2.75) is 39.0 Å². The lowest BCUT2D eigenvalue weighted by molar-refractivity contribution is 0.129. The molecule has 1 aliphatic rings. The van der Waals surface area contributed by atoms with Crippen molar-refractivity contribution in [2.24, 2.45) is 0 Å². The normalized spacial score (nSPS) is 18.8. The SMILES string of the molecule is CCCCCN1CCN(CCCCS(=O)(=O)[O-])CC1. The van der Waals surface area contributed by atoms with Crippen LogP contribution in [-0.4, -0.2) is 67.8 Å². The number of hydrogen-bond acceptors (Lipinski definition) is 5. The molecule has 5 nitrogen and oxygen atoms in total. The van der Waals surface area contributed by atoms with Gasteiger partial charge in [-0.15, -0.1) is 0 Å². The number of hydrogen-bond donors (Lipinski definition) is 0. The lowest BCUT2D eigenvalue weighted by Crippen LogP contribution is -2.46. The summed E-state index contributed by atoms with van der Waals surface area (Å²) in [6.45, 7) is 8.70. The van der Waals surface area contributed by atoms with Gasteiger partial charge in [0.1, 0.15) is 0 Å². The summed E-state index contributed by atoms with van der Waals surface area (Å²) in [7, 11) is -4.03. The van der Waals surface area contributed by atoms with Crippen LogP contribution < -0.4 is 0 Å². The molecule has 0 atom stereocenters. The third kappa shape index (κ3) is 8.57. The van der Waals surface area contributed by atoms with Crippen molar-refractivity contribution < 1.29 is 13.0 Å². The van der Waals surface area contributed by atoms with Gasteiger partial charge in [-0.2, -0.15) is 0 Å². The van der Waals surface area contributed by atoms with Crippen LogP contribution in [0.15, 0.2) is 0 Å². The summed E-state index contributed by atoms with van der Waals surface area (Å²) >= 11 is 0. The molecule has 0 bridgehead atoms. The monoisotopic (exact) mass is 291 g/mol. The van der Waals surface area contributed by atoms with Gasteiger partial charge in [0.15, 0.2) is 0 Å². The first-order chi connectivity index (χ1) is 9.01. The van der Waals surface area contributed by atoms with Crippen molar-refractivity contribution in [3.8, 4) is 0 Å². The van der Waals surface area contributed by atoms with Crippen molar-refractivity contribution in [3.63, 3.8) is 0 Å². The van der Waals surface area contributed by atoms with E-state index in [4.69, 9.17) is 0 Å². The Morgan fingerprint density at radius 3 is 1.79 bits per heavy atom. The number of unbranched alkanes of at least 4 members (excludes halogenated alkanes) is 3. The van der Waals surface area contributed by atoms with Gasteiger partial charge in [-0.1, -0.05) is 19.8 Å². The van der Waals surface area contributed by atoms with Crippen molar-refractivity contribution in [2.75, 3.05) is 45.0 Å². The average molecular weight is 291 g/mol. The topological polar surface area (TPSA) is 63.7 Å². The Morgan fingerprint density at radius 1 is 0.895 bits per heavy atom. The first kappa shape index (κ1) is 16.9. The number of rotatable bonds is 9. The summed E-state index contributed by atoms with van der Waals surface area (Å²) in [6.07, 6.45) is 5.16. The Morgan fingerprint density at radius 2 is 1.37 bits per heavy atom. The molecular weight excluding hydrogens is 264 g/mol. The minimum Gasteiger partial charge on any atom is -0.748 e. The smallest absolute Gasteiger partial charge is 0.0945 e. The molecule has 1 aliphatic heterocycles. The summed E-state index contributed by atoms with van der Waals surface area (Å²) in [6, 6.07) is 0. The Hall–Kier alpha value is -0.170. The molecule has 0 aromatic rings. The highest BCUT2D eigenvalue weighted by Gasteiger charge is 2.15. The van der Waals surface area contributed by atoms with Crippen LogP contribution in [0.25, 0.3) is 0 Å². The van der Waals surface area contributed by atoms with Crippen LogP contribution in [0.3, 0.4) is 0 Å². The van der Waals surface area contributed by atoms with Crippen LogP contribution in [0.2, 0.25) is 0 Å². The molecule has 1 saturated heterocycles. The molecule has 1 fully saturated rings. The highest BCUT2D eigenvalue weighted by Crippen LogP contribution is 2.06. The third-order valence-corrected chi connectivity index (χ3v) is 4.45. The molecule has 0 unspecified atom stereocenters. The van der Waals surface area contributed by atoms with Gasteiger partial charge in [0.05, 0.1) is 10.1 Å². The molecule has 0 amide bonds. The van der Waals surface area contributed by atoms with Crippen LogP contribution in [0, 0.1) is 0 Å². The number of piperazine rings is 1. The summed E-state index contributed by atoms with van der Waals surface area (Å²) < 4.78 is 31.4. The second-order valence-corrected chi connectivity index (χ2v) is 6.88. The van der Waals surface area contributed by atoms with Crippen molar-refractivity contribution in [1.29, 1.82) is 0 Å². The molecule has 114 valence electrons. The Bertz CT molecular complexity index is 325. The van der Waals surface area contributed by atoms with Gasteiger partial charge in [-0.05, 0) is 32.4 Å². The second kappa shape index (κ2) is 8.89. The van der Waals surface area contributed by atoms with E-state index < -0.39 is 10.1 Å². The van der Waals surface area contributed by atoms with Crippen molar-refractivity contribution in [1.82, 2.24) is 9.80 Å². The van der Waals surface area contributed by atoms with Crippen LogP contribution in [0.4, 0.5) is 0 Å². The van der Waals surface area contributed by atoms with Gasteiger partial charge in [0, 0.05) is 31.9 Å². The van der Waals surface area contributed by atoms with Gasteiger partial charge in [0.25, 0.3) is 0 Å². The molecule has 1 heterocycles.